The zero-order valence-corrected chi connectivity index (χ0v) is 13.9. The normalized spacial score (nSPS) is 13.1. The summed E-state index contributed by atoms with van der Waals surface area (Å²) in [5.74, 6) is 0.338. The smallest absolute Gasteiger partial charge is 0.316 e. The third-order valence-corrected chi connectivity index (χ3v) is 3.32. The fourth-order valence-electron chi connectivity index (χ4n) is 1.58. The number of esters is 1. The fourth-order valence-corrected chi connectivity index (χ4v) is 1.74. The third-order valence-electron chi connectivity index (χ3n) is 2.86. The summed E-state index contributed by atoms with van der Waals surface area (Å²) >= 11 is 2.94. The van der Waals surface area contributed by atoms with Crippen molar-refractivity contribution in [2.75, 3.05) is 24.7 Å². The van der Waals surface area contributed by atoms with Gasteiger partial charge in [-0.2, -0.15) is 5.10 Å². The van der Waals surface area contributed by atoms with Crippen molar-refractivity contribution in [2.24, 2.45) is 0 Å². The van der Waals surface area contributed by atoms with Gasteiger partial charge in [-0.25, -0.2) is 0 Å². The summed E-state index contributed by atoms with van der Waals surface area (Å²) in [6.07, 6.45) is 3.97. The van der Waals surface area contributed by atoms with Crippen molar-refractivity contribution in [3.05, 3.63) is 12.3 Å². The number of aromatic nitrogens is 2. The van der Waals surface area contributed by atoms with E-state index in [1.54, 1.807) is 28.8 Å². The summed E-state index contributed by atoms with van der Waals surface area (Å²) in [7, 11) is 1.84. The minimum atomic E-state index is -0.206. The number of hydrogen-bond donors (Lipinski definition) is 1. The lowest BCUT2D eigenvalue weighted by atomic mass is 10.5. The molecule has 0 aliphatic heterocycles. The molecule has 7 nitrogen and oxygen atoms in total. The lowest BCUT2D eigenvalue weighted by Gasteiger charge is -2.15. The van der Waals surface area contributed by atoms with E-state index in [4.69, 9.17) is 5.73 Å². The molecule has 0 unspecified atom stereocenters. The van der Waals surface area contributed by atoms with Gasteiger partial charge >= 0.3 is 5.97 Å². The van der Waals surface area contributed by atoms with E-state index >= 15 is 0 Å². The molecule has 1 fully saturated rings. The quantitative estimate of drug-likeness (QED) is 0.625. The van der Waals surface area contributed by atoms with E-state index in [1.165, 1.54) is 0 Å². The molecule has 21 heavy (non-hydrogen) atoms. The molecule has 0 bridgehead atoms. The molecule has 0 atom stereocenters. The molecule has 1 aromatic heterocycles. The molecule has 1 aliphatic carbocycles. The van der Waals surface area contributed by atoms with Crippen LogP contribution in [0.25, 0.3) is 0 Å². The van der Waals surface area contributed by atoms with Crippen LogP contribution in [0.2, 0.25) is 0 Å². The first-order valence-electron chi connectivity index (χ1n) is 6.74. The Labute approximate surface area is 132 Å². The van der Waals surface area contributed by atoms with Crippen molar-refractivity contribution in [3.63, 3.8) is 0 Å². The Bertz CT molecular complexity index is 474. The molecule has 1 heterocycles. The highest BCUT2D eigenvalue weighted by atomic mass is 79.9. The minimum Gasteiger partial charge on any atom is -0.465 e. The molecule has 1 aliphatic rings. The van der Waals surface area contributed by atoms with Crippen molar-refractivity contribution in [1.29, 1.82) is 0 Å². The Morgan fingerprint density at radius 2 is 2.24 bits per heavy atom. The monoisotopic (exact) mass is 360 g/mol. The van der Waals surface area contributed by atoms with Crippen molar-refractivity contribution >= 4 is 33.6 Å². The zero-order valence-electron chi connectivity index (χ0n) is 12.3. The van der Waals surface area contributed by atoms with E-state index in [-0.39, 0.29) is 18.4 Å². The Morgan fingerprint density at radius 1 is 1.57 bits per heavy atom. The highest BCUT2D eigenvalue weighted by Crippen LogP contribution is 2.25. The molecule has 8 heteroatoms. The van der Waals surface area contributed by atoms with E-state index in [1.807, 2.05) is 7.05 Å². The Morgan fingerprint density at radius 3 is 2.62 bits per heavy atom. The molecule has 1 aromatic rings. The molecular formula is C13H21BrN4O3. The topological polar surface area (TPSA) is 90.5 Å². The number of ether oxygens (including phenoxy) is 1. The van der Waals surface area contributed by atoms with Crippen LogP contribution >= 0.6 is 15.9 Å². The summed E-state index contributed by atoms with van der Waals surface area (Å²) in [6, 6.07) is 2.14. The maximum atomic E-state index is 11.6. The van der Waals surface area contributed by atoms with Crippen LogP contribution in [0, 0.1) is 0 Å². The first-order valence-corrected chi connectivity index (χ1v) is 7.86. The second-order valence-corrected chi connectivity index (χ2v) is 5.17. The van der Waals surface area contributed by atoms with E-state index in [9.17, 15) is 9.59 Å². The van der Waals surface area contributed by atoms with Crippen molar-refractivity contribution < 1.29 is 14.3 Å². The fraction of sp³-hybridized carbons (Fsp3) is 0.615. The number of amides is 1. The highest BCUT2D eigenvalue weighted by Gasteiger charge is 2.29. The molecule has 0 aromatic carbocycles. The van der Waals surface area contributed by atoms with Gasteiger partial charge in [0.15, 0.2) is 0 Å². The minimum absolute atomic E-state index is 0.0931. The third kappa shape index (κ3) is 6.61. The second kappa shape index (κ2) is 8.66. The molecule has 118 valence electrons. The summed E-state index contributed by atoms with van der Waals surface area (Å²) in [5.41, 5.74) is 5.45. The number of carbonyl (C=O) groups is 2. The molecule has 2 rings (SSSR count). The van der Waals surface area contributed by atoms with Gasteiger partial charge in [0, 0.05) is 19.3 Å². The van der Waals surface area contributed by atoms with Crippen molar-refractivity contribution in [1.82, 2.24) is 14.7 Å². The maximum absolute atomic E-state index is 11.6. The standard InChI is InChI=1S/C9H14N4O.C4H7BrO2/c1-12(7-2-3-7)9(14)6-13-5-4-8(10)11-13;1-2-7-4(6)3-5/h4-5,7H,2-3,6H2,1H3,(H2,10,11);2-3H2,1H3. The number of hydrogen-bond acceptors (Lipinski definition) is 5. The van der Waals surface area contributed by atoms with Crippen LogP contribution in [-0.4, -0.2) is 51.6 Å². The van der Waals surface area contributed by atoms with Crippen LogP contribution < -0.4 is 5.73 Å². The number of carbonyl (C=O) groups excluding carboxylic acids is 2. The largest absolute Gasteiger partial charge is 0.465 e. The molecule has 1 amide bonds. The van der Waals surface area contributed by atoms with E-state index in [0.717, 1.165) is 12.8 Å². The Balaban J connectivity index is 0.000000270. The summed E-state index contributed by atoms with van der Waals surface area (Å²) in [4.78, 5) is 23.6. The van der Waals surface area contributed by atoms with E-state index < -0.39 is 0 Å². The number of anilines is 1. The van der Waals surface area contributed by atoms with E-state index in [2.05, 4.69) is 25.8 Å². The van der Waals surface area contributed by atoms with Gasteiger partial charge in [-0.1, -0.05) is 15.9 Å². The number of nitrogens with zero attached hydrogens (tertiary/aromatic N) is 3. The summed E-state index contributed by atoms with van der Waals surface area (Å²) in [5, 5.41) is 4.25. The molecule has 1 saturated carbocycles. The summed E-state index contributed by atoms with van der Waals surface area (Å²) in [6.45, 7) is 2.52. The molecule has 0 saturated heterocycles. The predicted octanol–water partition coefficient (Wildman–Crippen LogP) is 1.03. The SMILES string of the molecule is CCOC(=O)CBr.CN(C(=O)Cn1ccc(N)n1)C1CC1. The van der Waals surface area contributed by atoms with Gasteiger partial charge in [0.1, 0.15) is 17.7 Å². The Kier molecular flexibility index (Phi) is 7.21. The maximum Gasteiger partial charge on any atom is 0.316 e. The van der Waals surface area contributed by atoms with Crippen molar-refractivity contribution in [3.8, 4) is 0 Å². The average Bonchev–Trinajstić information content (AvgIpc) is 3.23. The van der Waals surface area contributed by atoms with Gasteiger partial charge in [0.2, 0.25) is 5.91 Å². The van der Waals surface area contributed by atoms with Gasteiger partial charge in [0.25, 0.3) is 0 Å². The van der Waals surface area contributed by atoms with Crippen molar-refractivity contribution in [2.45, 2.75) is 32.4 Å². The van der Waals surface area contributed by atoms with Crippen LogP contribution in [0.15, 0.2) is 12.3 Å². The second-order valence-electron chi connectivity index (χ2n) is 4.61. The molecular weight excluding hydrogens is 340 g/mol. The number of nitrogens with two attached hydrogens (primary N) is 1. The zero-order chi connectivity index (χ0) is 15.8. The average molecular weight is 361 g/mol. The van der Waals surface area contributed by atoms with Crippen LogP contribution in [0.1, 0.15) is 19.8 Å². The highest BCUT2D eigenvalue weighted by molar-refractivity contribution is 9.09. The van der Waals surface area contributed by atoms with E-state index in [0.29, 0.717) is 23.8 Å². The lowest BCUT2D eigenvalue weighted by molar-refractivity contribution is -0.139. The molecule has 0 radical (unpaired) electrons. The molecule has 0 spiro atoms. The van der Waals surface area contributed by atoms with Gasteiger partial charge in [0.05, 0.1) is 6.61 Å². The van der Waals surface area contributed by atoms with Gasteiger partial charge in [-0.3, -0.25) is 14.3 Å². The Hall–Kier alpha value is -1.57. The number of rotatable bonds is 5. The number of nitrogen functional groups attached to an aromatic ring is 1. The van der Waals surface area contributed by atoms with Gasteiger partial charge < -0.3 is 15.4 Å². The van der Waals surface area contributed by atoms with Crippen LogP contribution in [-0.2, 0) is 20.9 Å². The van der Waals surface area contributed by atoms with Crippen LogP contribution in [0.4, 0.5) is 5.82 Å². The lowest BCUT2D eigenvalue weighted by Crippen LogP contribution is -2.32. The predicted molar refractivity (Wildman–Crippen MR) is 82.9 cm³/mol. The molecule has 2 N–H and O–H groups in total. The summed E-state index contributed by atoms with van der Waals surface area (Å²) < 4.78 is 6.07. The number of likely N-dealkylation sites (N-methyl/N-ethyl adjacent to an activating group) is 1. The van der Waals surface area contributed by atoms with Gasteiger partial charge in [-0.15, -0.1) is 0 Å². The first-order chi connectivity index (χ1) is 9.97. The number of alkyl halides is 1. The van der Waals surface area contributed by atoms with Gasteiger partial charge in [-0.05, 0) is 25.8 Å². The first kappa shape index (κ1) is 17.5. The van der Waals surface area contributed by atoms with Crippen LogP contribution in [0.3, 0.4) is 0 Å². The number of halogens is 1. The van der Waals surface area contributed by atoms with Crippen LogP contribution in [0.5, 0.6) is 0 Å².